The molecule has 0 aliphatic rings. The van der Waals surface area contributed by atoms with Crippen LogP contribution in [0.3, 0.4) is 0 Å². The fourth-order valence-electron chi connectivity index (χ4n) is 1.80. The molecule has 0 saturated heterocycles. The SMILES string of the molecule is CC(=O)C(C)NC(=O)N[C@@H](C(=O)c1ccccc1)C(C)C. The van der Waals surface area contributed by atoms with Gasteiger partial charge in [-0.3, -0.25) is 9.59 Å². The molecule has 0 heterocycles. The quantitative estimate of drug-likeness (QED) is 0.788. The van der Waals surface area contributed by atoms with Gasteiger partial charge >= 0.3 is 6.03 Å². The predicted octanol–water partition coefficient (Wildman–Crippen LogP) is 2.17. The molecule has 0 aromatic heterocycles. The molecule has 2 atom stereocenters. The molecule has 0 bridgehead atoms. The third-order valence-electron chi connectivity index (χ3n) is 3.25. The van der Waals surface area contributed by atoms with Crippen molar-refractivity contribution >= 4 is 17.6 Å². The fourth-order valence-corrected chi connectivity index (χ4v) is 1.80. The summed E-state index contributed by atoms with van der Waals surface area (Å²) >= 11 is 0. The van der Waals surface area contributed by atoms with Gasteiger partial charge in [-0.25, -0.2) is 4.79 Å². The van der Waals surface area contributed by atoms with Crippen molar-refractivity contribution in [1.82, 2.24) is 10.6 Å². The number of ketones is 2. The van der Waals surface area contributed by atoms with Crippen molar-refractivity contribution in [3.05, 3.63) is 35.9 Å². The molecule has 1 rings (SSSR count). The summed E-state index contributed by atoms with van der Waals surface area (Å²) in [5.74, 6) is -0.340. The Bertz CT molecular complexity index is 512. The van der Waals surface area contributed by atoms with Crippen LogP contribution in [0.25, 0.3) is 0 Å². The molecule has 0 aliphatic carbocycles. The Labute approximate surface area is 125 Å². The van der Waals surface area contributed by atoms with Gasteiger partial charge in [-0.2, -0.15) is 0 Å². The van der Waals surface area contributed by atoms with E-state index in [0.29, 0.717) is 5.56 Å². The number of hydrogen-bond acceptors (Lipinski definition) is 3. The van der Waals surface area contributed by atoms with E-state index in [9.17, 15) is 14.4 Å². The molecule has 21 heavy (non-hydrogen) atoms. The number of carbonyl (C=O) groups excluding carboxylic acids is 3. The van der Waals surface area contributed by atoms with Crippen LogP contribution in [0.5, 0.6) is 0 Å². The number of nitrogens with one attached hydrogen (secondary N) is 2. The number of Topliss-reactive ketones (excluding diaryl/α,β-unsaturated/α-hetero) is 2. The maximum atomic E-state index is 12.4. The Balaban J connectivity index is 2.77. The average molecular weight is 290 g/mol. The first kappa shape index (κ1) is 16.9. The van der Waals surface area contributed by atoms with Crippen LogP contribution in [-0.4, -0.2) is 29.7 Å². The molecule has 1 aromatic rings. The van der Waals surface area contributed by atoms with Gasteiger partial charge in [-0.15, -0.1) is 0 Å². The second-order valence-corrected chi connectivity index (χ2v) is 5.40. The molecule has 0 radical (unpaired) electrons. The van der Waals surface area contributed by atoms with E-state index in [1.807, 2.05) is 19.9 Å². The molecule has 114 valence electrons. The van der Waals surface area contributed by atoms with Crippen molar-refractivity contribution in [2.24, 2.45) is 5.92 Å². The predicted molar refractivity (Wildman–Crippen MR) is 81.2 cm³/mol. The minimum absolute atomic E-state index is 0.0592. The van der Waals surface area contributed by atoms with E-state index in [-0.39, 0.29) is 17.5 Å². The molecular formula is C16H22N2O3. The Morgan fingerprint density at radius 3 is 2.00 bits per heavy atom. The summed E-state index contributed by atoms with van der Waals surface area (Å²) < 4.78 is 0. The van der Waals surface area contributed by atoms with Crippen LogP contribution in [0.2, 0.25) is 0 Å². The zero-order valence-corrected chi connectivity index (χ0v) is 12.8. The van der Waals surface area contributed by atoms with Crippen molar-refractivity contribution < 1.29 is 14.4 Å². The van der Waals surface area contributed by atoms with Crippen molar-refractivity contribution in [2.45, 2.75) is 39.8 Å². The van der Waals surface area contributed by atoms with E-state index in [1.54, 1.807) is 31.2 Å². The zero-order valence-electron chi connectivity index (χ0n) is 12.8. The van der Waals surface area contributed by atoms with Gasteiger partial charge in [-0.05, 0) is 19.8 Å². The van der Waals surface area contributed by atoms with Gasteiger partial charge in [0.2, 0.25) is 0 Å². The first-order valence-electron chi connectivity index (χ1n) is 6.99. The standard InChI is InChI=1S/C16H22N2O3/c1-10(2)14(15(20)13-8-6-5-7-9-13)18-16(21)17-11(3)12(4)19/h5-11,14H,1-4H3,(H2,17,18,21)/t11?,14-/m1/s1. The summed E-state index contributed by atoms with van der Waals surface area (Å²) in [7, 11) is 0. The van der Waals surface area contributed by atoms with Gasteiger partial charge in [0.05, 0.1) is 12.1 Å². The smallest absolute Gasteiger partial charge is 0.315 e. The molecule has 1 aromatic carbocycles. The van der Waals surface area contributed by atoms with Crippen molar-refractivity contribution in [2.75, 3.05) is 0 Å². The maximum Gasteiger partial charge on any atom is 0.315 e. The van der Waals surface area contributed by atoms with Gasteiger partial charge in [0.25, 0.3) is 0 Å². The molecule has 2 N–H and O–H groups in total. The number of urea groups is 1. The molecule has 0 aliphatic heterocycles. The lowest BCUT2D eigenvalue weighted by molar-refractivity contribution is -0.118. The molecule has 5 heteroatoms. The third-order valence-corrected chi connectivity index (χ3v) is 3.25. The third kappa shape index (κ3) is 5.02. The lowest BCUT2D eigenvalue weighted by Crippen LogP contribution is -2.51. The average Bonchev–Trinajstić information content (AvgIpc) is 2.44. The lowest BCUT2D eigenvalue weighted by atomic mass is 9.95. The molecule has 5 nitrogen and oxygen atoms in total. The fraction of sp³-hybridized carbons (Fsp3) is 0.438. The lowest BCUT2D eigenvalue weighted by Gasteiger charge is -2.22. The molecular weight excluding hydrogens is 268 g/mol. The van der Waals surface area contributed by atoms with E-state index >= 15 is 0 Å². The van der Waals surface area contributed by atoms with E-state index < -0.39 is 18.1 Å². The number of amides is 2. The minimum Gasteiger partial charge on any atom is -0.329 e. The summed E-state index contributed by atoms with van der Waals surface area (Å²) in [6, 6.07) is 7.10. The number of carbonyl (C=O) groups is 3. The van der Waals surface area contributed by atoms with Crippen LogP contribution in [0.1, 0.15) is 38.1 Å². The Morgan fingerprint density at radius 2 is 1.52 bits per heavy atom. The van der Waals surface area contributed by atoms with Crippen LogP contribution >= 0.6 is 0 Å². The van der Waals surface area contributed by atoms with Crippen molar-refractivity contribution in [3.8, 4) is 0 Å². The van der Waals surface area contributed by atoms with Crippen LogP contribution in [0.15, 0.2) is 30.3 Å². The van der Waals surface area contributed by atoms with Gasteiger partial charge in [0.15, 0.2) is 11.6 Å². The highest BCUT2D eigenvalue weighted by Gasteiger charge is 2.25. The first-order chi connectivity index (χ1) is 9.82. The number of rotatable bonds is 6. The number of benzene rings is 1. The molecule has 1 unspecified atom stereocenters. The second kappa shape index (κ2) is 7.57. The zero-order chi connectivity index (χ0) is 16.0. The van der Waals surface area contributed by atoms with Gasteiger partial charge in [0, 0.05) is 5.56 Å². The summed E-state index contributed by atoms with van der Waals surface area (Å²) in [6.07, 6.45) is 0. The minimum atomic E-state index is -0.633. The highest BCUT2D eigenvalue weighted by Crippen LogP contribution is 2.10. The molecule has 0 fully saturated rings. The van der Waals surface area contributed by atoms with Gasteiger partial charge in [-0.1, -0.05) is 44.2 Å². The Hall–Kier alpha value is -2.17. The van der Waals surface area contributed by atoms with Crippen molar-refractivity contribution in [3.63, 3.8) is 0 Å². The maximum absolute atomic E-state index is 12.4. The van der Waals surface area contributed by atoms with Gasteiger partial charge in [0.1, 0.15) is 0 Å². The summed E-state index contributed by atoms with van der Waals surface area (Å²) in [4.78, 5) is 35.5. The second-order valence-electron chi connectivity index (χ2n) is 5.40. The summed E-state index contributed by atoms with van der Waals surface area (Å²) in [6.45, 7) is 6.73. The molecule has 2 amide bonds. The highest BCUT2D eigenvalue weighted by molar-refractivity contribution is 6.02. The van der Waals surface area contributed by atoms with Crippen LogP contribution in [-0.2, 0) is 4.79 Å². The van der Waals surface area contributed by atoms with Gasteiger partial charge < -0.3 is 10.6 Å². The summed E-state index contributed by atoms with van der Waals surface area (Å²) in [5.41, 5.74) is 0.552. The van der Waals surface area contributed by atoms with Crippen LogP contribution in [0, 0.1) is 5.92 Å². The Kier molecular flexibility index (Phi) is 6.09. The number of hydrogen-bond donors (Lipinski definition) is 2. The van der Waals surface area contributed by atoms with E-state index in [2.05, 4.69) is 10.6 Å². The Morgan fingerprint density at radius 1 is 0.952 bits per heavy atom. The van der Waals surface area contributed by atoms with E-state index in [0.717, 1.165) is 0 Å². The monoisotopic (exact) mass is 290 g/mol. The van der Waals surface area contributed by atoms with Crippen LogP contribution in [0.4, 0.5) is 4.79 Å². The highest BCUT2D eigenvalue weighted by atomic mass is 16.2. The first-order valence-corrected chi connectivity index (χ1v) is 6.99. The largest absolute Gasteiger partial charge is 0.329 e. The molecule has 0 saturated carbocycles. The topological polar surface area (TPSA) is 75.3 Å². The van der Waals surface area contributed by atoms with Crippen molar-refractivity contribution in [1.29, 1.82) is 0 Å². The van der Waals surface area contributed by atoms with Crippen LogP contribution < -0.4 is 10.6 Å². The normalized spacial score (nSPS) is 13.4. The van der Waals surface area contributed by atoms with E-state index in [4.69, 9.17) is 0 Å². The summed E-state index contributed by atoms with van der Waals surface area (Å²) in [5, 5.41) is 5.17. The molecule has 0 spiro atoms. The van der Waals surface area contributed by atoms with E-state index in [1.165, 1.54) is 6.92 Å².